The van der Waals surface area contributed by atoms with Crippen molar-refractivity contribution in [3.05, 3.63) is 0 Å². The molecule has 0 bridgehead atoms. The Morgan fingerprint density at radius 3 is 2.74 bits per heavy atom. The molecular formula is C15H28N2O2. The standard InChI is InChI=1S/C15H28N2O2/c1-3-6-13-15(18)17(14(16-13)7-4-2)10-12-8-5-9-19-11-12/h12-14,16H,3-11H2,1-2H3. The average Bonchev–Trinajstić information content (AvgIpc) is 2.70. The highest BCUT2D eigenvalue weighted by Gasteiger charge is 2.38. The molecule has 2 heterocycles. The molecule has 2 aliphatic rings. The number of nitrogens with one attached hydrogen (secondary N) is 1. The molecule has 2 rings (SSSR count). The SMILES string of the molecule is CCCC1NC(CCC)N(CC2CCCOC2)C1=O. The first-order valence-corrected chi connectivity index (χ1v) is 7.90. The fourth-order valence-corrected chi connectivity index (χ4v) is 3.20. The van der Waals surface area contributed by atoms with Gasteiger partial charge in [-0.2, -0.15) is 0 Å². The summed E-state index contributed by atoms with van der Waals surface area (Å²) >= 11 is 0. The molecule has 4 nitrogen and oxygen atoms in total. The van der Waals surface area contributed by atoms with Gasteiger partial charge in [-0.1, -0.05) is 26.7 Å². The molecule has 2 fully saturated rings. The highest BCUT2D eigenvalue weighted by molar-refractivity contribution is 5.84. The molecule has 3 unspecified atom stereocenters. The Bertz CT molecular complexity index is 290. The topological polar surface area (TPSA) is 41.6 Å². The third-order valence-electron chi connectivity index (χ3n) is 4.20. The molecule has 110 valence electrons. The van der Waals surface area contributed by atoms with Crippen molar-refractivity contribution in [1.82, 2.24) is 10.2 Å². The summed E-state index contributed by atoms with van der Waals surface area (Å²) in [6.45, 7) is 6.90. The molecule has 4 heteroatoms. The van der Waals surface area contributed by atoms with Gasteiger partial charge in [0.15, 0.2) is 0 Å². The zero-order valence-electron chi connectivity index (χ0n) is 12.4. The molecule has 1 amide bonds. The third kappa shape index (κ3) is 3.69. The Kier molecular flexibility index (Phi) is 5.64. The van der Waals surface area contributed by atoms with Crippen molar-refractivity contribution >= 4 is 5.91 Å². The molecular weight excluding hydrogens is 240 g/mol. The quantitative estimate of drug-likeness (QED) is 0.802. The first-order valence-electron chi connectivity index (χ1n) is 7.90. The van der Waals surface area contributed by atoms with Crippen LogP contribution in [-0.2, 0) is 9.53 Å². The summed E-state index contributed by atoms with van der Waals surface area (Å²) in [6, 6.07) is 0.0473. The van der Waals surface area contributed by atoms with Crippen molar-refractivity contribution in [2.24, 2.45) is 5.92 Å². The average molecular weight is 268 g/mol. The van der Waals surface area contributed by atoms with E-state index in [0.717, 1.165) is 51.9 Å². The van der Waals surface area contributed by atoms with Crippen LogP contribution in [0.25, 0.3) is 0 Å². The van der Waals surface area contributed by atoms with Crippen LogP contribution >= 0.6 is 0 Å². The largest absolute Gasteiger partial charge is 0.381 e. The van der Waals surface area contributed by atoms with E-state index in [4.69, 9.17) is 4.74 Å². The summed E-state index contributed by atoms with van der Waals surface area (Å²) in [7, 11) is 0. The molecule has 0 spiro atoms. The lowest BCUT2D eigenvalue weighted by Crippen LogP contribution is -2.42. The van der Waals surface area contributed by atoms with Crippen molar-refractivity contribution in [2.75, 3.05) is 19.8 Å². The van der Waals surface area contributed by atoms with Crippen LogP contribution in [0.1, 0.15) is 52.4 Å². The van der Waals surface area contributed by atoms with E-state index in [1.807, 2.05) is 0 Å². The monoisotopic (exact) mass is 268 g/mol. The number of rotatable bonds is 6. The highest BCUT2D eigenvalue weighted by atomic mass is 16.5. The van der Waals surface area contributed by atoms with Crippen LogP contribution in [0.3, 0.4) is 0 Å². The Balaban J connectivity index is 1.95. The normalized spacial score (nSPS) is 32.0. The summed E-state index contributed by atoms with van der Waals surface area (Å²) in [6.07, 6.45) is 6.76. The van der Waals surface area contributed by atoms with Gasteiger partial charge in [0.1, 0.15) is 0 Å². The van der Waals surface area contributed by atoms with E-state index in [9.17, 15) is 4.79 Å². The second-order valence-electron chi connectivity index (χ2n) is 5.89. The maximum atomic E-state index is 12.5. The van der Waals surface area contributed by atoms with Crippen molar-refractivity contribution in [2.45, 2.75) is 64.6 Å². The predicted molar refractivity (Wildman–Crippen MR) is 75.8 cm³/mol. The van der Waals surface area contributed by atoms with Gasteiger partial charge < -0.3 is 9.64 Å². The Hall–Kier alpha value is -0.610. The molecule has 0 radical (unpaired) electrons. The molecule has 2 aliphatic heterocycles. The minimum Gasteiger partial charge on any atom is -0.381 e. The molecule has 3 atom stereocenters. The maximum Gasteiger partial charge on any atom is 0.241 e. The summed E-state index contributed by atoms with van der Waals surface area (Å²) in [4.78, 5) is 14.6. The van der Waals surface area contributed by atoms with Gasteiger partial charge in [-0.15, -0.1) is 0 Å². The molecule has 0 aromatic rings. The second-order valence-corrected chi connectivity index (χ2v) is 5.89. The summed E-state index contributed by atoms with van der Waals surface area (Å²) in [5.41, 5.74) is 0. The lowest BCUT2D eigenvalue weighted by molar-refractivity contribution is -0.131. The van der Waals surface area contributed by atoms with Crippen molar-refractivity contribution < 1.29 is 9.53 Å². The van der Waals surface area contributed by atoms with Gasteiger partial charge in [-0.25, -0.2) is 0 Å². The van der Waals surface area contributed by atoms with Crippen LogP contribution in [0.15, 0.2) is 0 Å². The Morgan fingerprint density at radius 2 is 2.11 bits per heavy atom. The minimum absolute atomic E-state index is 0.0473. The Labute approximate surface area is 116 Å². The van der Waals surface area contributed by atoms with Crippen LogP contribution in [0.5, 0.6) is 0 Å². The van der Waals surface area contributed by atoms with E-state index in [0.29, 0.717) is 11.8 Å². The number of ether oxygens (including phenoxy) is 1. The molecule has 2 saturated heterocycles. The molecule has 0 saturated carbocycles. The van der Waals surface area contributed by atoms with Crippen LogP contribution < -0.4 is 5.32 Å². The van der Waals surface area contributed by atoms with Gasteiger partial charge in [-0.3, -0.25) is 10.1 Å². The third-order valence-corrected chi connectivity index (χ3v) is 4.20. The molecule has 0 aromatic carbocycles. The first-order chi connectivity index (χ1) is 9.26. The van der Waals surface area contributed by atoms with E-state index in [1.165, 1.54) is 6.42 Å². The fourth-order valence-electron chi connectivity index (χ4n) is 3.20. The van der Waals surface area contributed by atoms with E-state index in [1.54, 1.807) is 0 Å². The lowest BCUT2D eigenvalue weighted by atomic mass is 10.0. The number of hydrogen-bond donors (Lipinski definition) is 1. The number of carbonyl (C=O) groups is 1. The fraction of sp³-hybridized carbons (Fsp3) is 0.933. The van der Waals surface area contributed by atoms with Gasteiger partial charge in [0.05, 0.1) is 18.8 Å². The van der Waals surface area contributed by atoms with Gasteiger partial charge in [0.25, 0.3) is 0 Å². The number of amides is 1. The molecule has 1 N–H and O–H groups in total. The predicted octanol–water partition coefficient (Wildman–Crippen LogP) is 2.14. The van der Waals surface area contributed by atoms with Crippen LogP contribution in [0, 0.1) is 5.92 Å². The van der Waals surface area contributed by atoms with E-state index < -0.39 is 0 Å². The molecule has 0 aromatic heterocycles. The van der Waals surface area contributed by atoms with E-state index >= 15 is 0 Å². The van der Waals surface area contributed by atoms with Crippen molar-refractivity contribution in [3.8, 4) is 0 Å². The minimum atomic E-state index is 0.0473. The zero-order valence-corrected chi connectivity index (χ0v) is 12.4. The number of hydrogen-bond acceptors (Lipinski definition) is 3. The van der Waals surface area contributed by atoms with Crippen molar-refractivity contribution in [3.63, 3.8) is 0 Å². The van der Waals surface area contributed by atoms with Gasteiger partial charge in [0.2, 0.25) is 5.91 Å². The van der Waals surface area contributed by atoms with Gasteiger partial charge >= 0.3 is 0 Å². The second kappa shape index (κ2) is 7.25. The molecule has 0 aliphatic carbocycles. The summed E-state index contributed by atoms with van der Waals surface area (Å²) in [5, 5.41) is 3.52. The zero-order chi connectivity index (χ0) is 13.7. The van der Waals surface area contributed by atoms with Crippen LogP contribution in [0.4, 0.5) is 0 Å². The van der Waals surface area contributed by atoms with E-state index in [2.05, 4.69) is 24.1 Å². The number of nitrogens with zero attached hydrogens (tertiary/aromatic N) is 1. The van der Waals surface area contributed by atoms with E-state index in [-0.39, 0.29) is 12.2 Å². The maximum absolute atomic E-state index is 12.5. The number of carbonyl (C=O) groups excluding carboxylic acids is 1. The first kappa shape index (κ1) is 14.8. The smallest absolute Gasteiger partial charge is 0.241 e. The molecule has 19 heavy (non-hydrogen) atoms. The lowest BCUT2D eigenvalue weighted by Gasteiger charge is -2.30. The van der Waals surface area contributed by atoms with Gasteiger partial charge in [0, 0.05) is 19.1 Å². The summed E-state index contributed by atoms with van der Waals surface area (Å²) < 4.78 is 5.54. The highest BCUT2D eigenvalue weighted by Crippen LogP contribution is 2.22. The van der Waals surface area contributed by atoms with Crippen LogP contribution in [0.2, 0.25) is 0 Å². The van der Waals surface area contributed by atoms with Crippen LogP contribution in [-0.4, -0.2) is 42.8 Å². The van der Waals surface area contributed by atoms with Crippen molar-refractivity contribution in [1.29, 1.82) is 0 Å². The van der Waals surface area contributed by atoms with Gasteiger partial charge in [-0.05, 0) is 25.7 Å². The summed E-state index contributed by atoms with van der Waals surface area (Å²) in [5.74, 6) is 0.838. The Morgan fingerprint density at radius 1 is 1.32 bits per heavy atom.